The van der Waals surface area contributed by atoms with Gasteiger partial charge in [0, 0.05) is 29.9 Å². The van der Waals surface area contributed by atoms with Crippen LogP contribution < -0.4 is 4.90 Å². The van der Waals surface area contributed by atoms with Gasteiger partial charge >= 0.3 is 6.18 Å². The Bertz CT molecular complexity index is 1230. The van der Waals surface area contributed by atoms with Gasteiger partial charge in [-0.05, 0) is 36.6 Å². The maximum Gasteiger partial charge on any atom is 0.416 e. The van der Waals surface area contributed by atoms with E-state index in [1.165, 1.54) is 12.1 Å². The van der Waals surface area contributed by atoms with Gasteiger partial charge in [-0.1, -0.05) is 60.7 Å². The molecule has 4 aromatic rings. The van der Waals surface area contributed by atoms with E-state index in [1.54, 1.807) is 18.0 Å². The Kier molecular flexibility index (Phi) is 5.39. The molecule has 0 unspecified atom stereocenters. The van der Waals surface area contributed by atoms with E-state index in [9.17, 15) is 13.2 Å². The van der Waals surface area contributed by atoms with E-state index in [4.69, 9.17) is 0 Å². The number of fused-ring (bicyclic) bond motifs is 1. The molecule has 0 fully saturated rings. The van der Waals surface area contributed by atoms with Gasteiger partial charge in [0.1, 0.15) is 5.69 Å². The highest BCUT2D eigenvalue weighted by atomic mass is 19.4. The normalized spacial score (nSPS) is 11.7. The Hall–Kier alpha value is -3.41. The average Bonchev–Trinajstić information content (AvgIpc) is 2.73. The molecular formula is C25H22F3N3. The summed E-state index contributed by atoms with van der Waals surface area (Å²) >= 11 is 0. The first kappa shape index (κ1) is 20.8. The van der Waals surface area contributed by atoms with Gasteiger partial charge in [-0.25, -0.2) is 0 Å². The van der Waals surface area contributed by atoms with Crippen LogP contribution in [0.2, 0.25) is 0 Å². The summed E-state index contributed by atoms with van der Waals surface area (Å²) in [6.45, 7) is 4.14. The van der Waals surface area contributed by atoms with Crippen LogP contribution in [0.15, 0.2) is 66.7 Å². The van der Waals surface area contributed by atoms with E-state index in [0.717, 1.165) is 39.2 Å². The highest BCUT2D eigenvalue weighted by molar-refractivity contribution is 6.01. The van der Waals surface area contributed by atoms with Gasteiger partial charge in [-0.2, -0.15) is 13.2 Å². The molecule has 1 heterocycles. The molecule has 158 valence electrons. The molecule has 0 aliphatic rings. The smallest absolute Gasteiger partial charge is 0.353 e. The number of nitrogens with zero attached hydrogens (tertiary/aromatic N) is 3. The molecule has 0 atom stereocenters. The van der Waals surface area contributed by atoms with Crippen LogP contribution in [-0.4, -0.2) is 17.2 Å². The van der Waals surface area contributed by atoms with Gasteiger partial charge in [-0.3, -0.25) is 0 Å². The van der Waals surface area contributed by atoms with E-state index >= 15 is 0 Å². The third kappa shape index (κ3) is 3.98. The van der Waals surface area contributed by atoms with Crippen molar-refractivity contribution in [2.45, 2.75) is 26.6 Å². The number of rotatable bonds is 4. The van der Waals surface area contributed by atoms with E-state index < -0.39 is 11.7 Å². The van der Waals surface area contributed by atoms with E-state index in [0.29, 0.717) is 5.82 Å². The van der Waals surface area contributed by atoms with Gasteiger partial charge in [0.05, 0.1) is 5.56 Å². The van der Waals surface area contributed by atoms with Crippen LogP contribution >= 0.6 is 0 Å². The minimum Gasteiger partial charge on any atom is -0.353 e. The molecule has 0 radical (unpaired) electrons. The maximum absolute atomic E-state index is 13.4. The molecule has 0 aliphatic heterocycles. The van der Waals surface area contributed by atoms with Gasteiger partial charge in [0.15, 0.2) is 5.82 Å². The lowest BCUT2D eigenvalue weighted by atomic mass is 9.96. The molecular weight excluding hydrogens is 399 g/mol. The van der Waals surface area contributed by atoms with Crippen LogP contribution in [0.3, 0.4) is 0 Å². The molecule has 3 aromatic carbocycles. The van der Waals surface area contributed by atoms with Crippen molar-refractivity contribution in [2.24, 2.45) is 0 Å². The fourth-order valence-electron chi connectivity index (χ4n) is 4.01. The predicted molar refractivity (Wildman–Crippen MR) is 118 cm³/mol. The second-order valence-electron chi connectivity index (χ2n) is 7.70. The molecule has 4 rings (SSSR count). The summed E-state index contributed by atoms with van der Waals surface area (Å²) in [7, 11) is 1.74. The van der Waals surface area contributed by atoms with Crippen molar-refractivity contribution in [3.63, 3.8) is 0 Å². The topological polar surface area (TPSA) is 29.0 Å². The molecule has 0 bridgehead atoms. The van der Waals surface area contributed by atoms with E-state index in [1.807, 2.05) is 56.3 Å². The Morgan fingerprint density at radius 3 is 2.06 bits per heavy atom. The summed E-state index contributed by atoms with van der Waals surface area (Å²) in [6.07, 6.45) is -4.41. The molecule has 3 nitrogen and oxygen atoms in total. The highest BCUT2D eigenvalue weighted by Gasteiger charge is 2.33. The molecule has 6 heteroatoms. The lowest BCUT2D eigenvalue weighted by Crippen LogP contribution is -2.21. The number of hydrogen-bond donors (Lipinski definition) is 0. The Morgan fingerprint density at radius 1 is 0.774 bits per heavy atom. The van der Waals surface area contributed by atoms with Crippen LogP contribution in [0, 0.1) is 13.8 Å². The van der Waals surface area contributed by atoms with Crippen LogP contribution in [0.25, 0.3) is 22.0 Å². The molecule has 0 aliphatic carbocycles. The lowest BCUT2D eigenvalue weighted by Gasteiger charge is -2.22. The Balaban J connectivity index is 1.81. The summed E-state index contributed by atoms with van der Waals surface area (Å²) in [5, 5.41) is 10.7. The number of halogens is 3. The van der Waals surface area contributed by atoms with Crippen molar-refractivity contribution >= 4 is 16.6 Å². The Labute approximate surface area is 179 Å². The summed E-state index contributed by atoms with van der Waals surface area (Å²) < 4.78 is 40.3. The van der Waals surface area contributed by atoms with Crippen molar-refractivity contribution in [1.29, 1.82) is 0 Å². The van der Waals surface area contributed by atoms with Crippen molar-refractivity contribution < 1.29 is 13.2 Å². The zero-order valence-corrected chi connectivity index (χ0v) is 17.5. The lowest BCUT2D eigenvalue weighted by molar-refractivity contribution is -0.138. The number of anilines is 1. The maximum atomic E-state index is 13.4. The van der Waals surface area contributed by atoms with Gasteiger partial charge in [0.25, 0.3) is 0 Å². The monoisotopic (exact) mass is 421 g/mol. The second kappa shape index (κ2) is 8.02. The fraction of sp³-hybridized carbons (Fsp3) is 0.200. The summed E-state index contributed by atoms with van der Waals surface area (Å²) in [5.74, 6) is 0.544. The number of aromatic nitrogens is 2. The molecule has 0 N–H and O–H groups in total. The van der Waals surface area contributed by atoms with Crippen LogP contribution in [0.5, 0.6) is 0 Å². The molecule has 31 heavy (non-hydrogen) atoms. The number of hydrogen-bond acceptors (Lipinski definition) is 3. The molecule has 0 amide bonds. The molecule has 1 aromatic heterocycles. The average molecular weight is 421 g/mol. The van der Waals surface area contributed by atoms with E-state index in [-0.39, 0.29) is 12.1 Å². The first-order valence-corrected chi connectivity index (χ1v) is 9.95. The van der Waals surface area contributed by atoms with Gasteiger partial charge < -0.3 is 4.90 Å². The van der Waals surface area contributed by atoms with Crippen LogP contribution in [0.4, 0.5) is 19.0 Å². The first-order valence-electron chi connectivity index (χ1n) is 9.95. The summed E-state index contributed by atoms with van der Waals surface area (Å²) in [5.41, 5.74) is 3.56. The number of aryl methyl sites for hydroxylation is 2. The summed E-state index contributed by atoms with van der Waals surface area (Å²) in [4.78, 5) is 1.72. The zero-order valence-electron chi connectivity index (χ0n) is 17.5. The van der Waals surface area contributed by atoms with E-state index in [2.05, 4.69) is 10.2 Å². The van der Waals surface area contributed by atoms with Crippen molar-refractivity contribution in [3.05, 3.63) is 89.0 Å². The zero-order chi connectivity index (χ0) is 22.2. The SMILES string of the molecule is Cc1cccc(C)c1-c1nnc(N(C)Cc2ccccc2C(F)(F)F)c2ccccc12. The summed E-state index contributed by atoms with van der Waals surface area (Å²) in [6, 6.07) is 19.5. The van der Waals surface area contributed by atoms with Crippen molar-refractivity contribution in [2.75, 3.05) is 11.9 Å². The van der Waals surface area contributed by atoms with Crippen LogP contribution in [0.1, 0.15) is 22.3 Å². The largest absolute Gasteiger partial charge is 0.416 e. The molecule has 0 saturated carbocycles. The molecule has 0 spiro atoms. The number of alkyl halides is 3. The minimum atomic E-state index is -4.41. The quantitative estimate of drug-likeness (QED) is 0.373. The second-order valence-corrected chi connectivity index (χ2v) is 7.70. The predicted octanol–water partition coefficient (Wildman–Crippen LogP) is 6.57. The van der Waals surface area contributed by atoms with Crippen molar-refractivity contribution in [3.8, 4) is 11.3 Å². The van der Waals surface area contributed by atoms with Gasteiger partial charge in [0.2, 0.25) is 0 Å². The third-order valence-electron chi connectivity index (χ3n) is 5.48. The number of benzene rings is 3. The van der Waals surface area contributed by atoms with Crippen LogP contribution in [-0.2, 0) is 12.7 Å². The fourth-order valence-corrected chi connectivity index (χ4v) is 4.01. The first-order chi connectivity index (χ1) is 14.8. The standard InChI is InChI=1S/C25H22F3N3/c1-16-9-8-10-17(2)22(16)23-19-12-5-6-13-20(19)24(30-29-23)31(3)15-18-11-4-7-14-21(18)25(26,27)28/h4-14H,15H2,1-3H3. The van der Waals surface area contributed by atoms with Gasteiger partial charge in [-0.15, -0.1) is 10.2 Å². The van der Waals surface area contributed by atoms with Crippen molar-refractivity contribution in [1.82, 2.24) is 10.2 Å². The Morgan fingerprint density at radius 2 is 1.39 bits per heavy atom. The third-order valence-corrected chi connectivity index (χ3v) is 5.48. The molecule has 0 saturated heterocycles. The highest BCUT2D eigenvalue weighted by Crippen LogP contribution is 2.36. The minimum absolute atomic E-state index is 0.0666.